The standard InChI is InChI=1S/C9H13ClN2/c1-12(2)9-4-3-8(10)5-7(9)6-11/h3-5H,6,11H2,1-2H3. The van der Waals surface area contributed by atoms with Crippen molar-refractivity contribution in [3.8, 4) is 0 Å². The van der Waals surface area contributed by atoms with E-state index in [1.165, 1.54) is 0 Å². The SMILES string of the molecule is CN(C)c1ccc(Cl)cc1CN. The van der Waals surface area contributed by atoms with Crippen LogP contribution < -0.4 is 10.6 Å². The number of benzene rings is 1. The van der Waals surface area contributed by atoms with Gasteiger partial charge in [-0.3, -0.25) is 0 Å². The Bertz CT molecular complexity index is 271. The van der Waals surface area contributed by atoms with Gasteiger partial charge in [-0.25, -0.2) is 0 Å². The largest absolute Gasteiger partial charge is 0.377 e. The summed E-state index contributed by atoms with van der Waals surface area (Å²) in [6.07, 6.45) is 0. The molecule has 2 N–H and O–H groups in total. The van der Waals surface area contributed by atoms with Crippen molar-refractivity contribution >= 4 is 17.3 Å². The minimum Gasteiger partial charge on any atom is -0.377 e. The number of nitrogens with two attached hydrogens (primary N) is 1. The van der Waals surface area contributed by atoms with E-state index in [0.29, 0.717) is 6.54 Å². The molecule has 0 aromatic heterocycles. The third kappa shape index (κ3) is 1.90. The van der Waals surface area contributed by atoms with Crippen molar-refractivity contribution in [3.63, 3.8) is 0 Å². The highest BCUT2D eigenvalue weighted by atomic mass is 35.5. The summed E-state index contributed by atoms with van der Waals surface area (Å²) in [5, 5.41) is 0.737. The molecule has 0 fully saturated rings. The molecule has 0 aliphatic carbocycles. The zero-order valence-electron chi connectivity index (χ0n) is 7.34. The Balaban J connectivity index is 3.11. The average molecular weight is 185 g/mol. The summed E-state index contributed by atoms with van der Waals surface area (Å²) in [5.41, 5.74) is 7.78. The first kappa shape index (κ1) is 9.36. The predicted molar refractivity (Wildman–Crippen MR) is 53.7 cm³/mol. The smallest absolute Gasteiger partial charge is 0.0410 e. The van der Waals surface area contributed by atoms with Crippen molar-refractivity contribution < 1.29 is 0 Å². The van der Waals surface area contributed by atoms with Gasteiger partial charge in [-0.05, 0) is 23.8 Å². The van der Waals surface area contributed by atoms with E-state index in [1.54, 1.807) is 0 Å². The quantitative estimate of drug-likeness (QED) is 0.761. The minimum atomic E-state index is 0.522. The molecule has 0 aliphatic heterocycles. The lowest BCUT2D eigenvalue weighted by atomic mass is 10.1. The van der Waals surface area contributed by atoms with Crippen LogP contribution in [0.5, 0.6) is 0 Å². The highest BCUT2D eigenvalue weighted by Gasteiger charge is 2.02. The molecule has 0 radical (unpaired) electrons. The first-order valence-corrected chi connectivity index (χ1v) is 4.18. The van der Waals surface area contributed by atoms with Gasteiger partial charge < -0.3 is 10.6 Å². The van der Waals surface area contributed by atoms with Crippen LogP contribution >= 0.6 is 11.6 Å². The second-order valence-electron chi connectivity index (χ2n) is 2.87. The average Bonchev–Trinajstić information content (AvgIpc) is 2.03. The van der Waals surface area contributed by atoms with E-state index in [9.17, 15) is 0 Å². The number of nitrogens with zero attached hydrogens (tertiary/aromatic N) is 1. The molecular weight excluding hydrogens is 172 g/mol. The zero-order valence-corrected chi connectivity index (χ0v) is 8.10. The van der Waals surface area contributed by atoms with E-state index >= 15 is 0 Å². The van der Waals surface area contributed by atoms with Gasteiger partial charge in [0.15, 0.2) is 0 Å². The van der Waals surface area contributed by atoms with E-state index in [4.69, 9.17) is 17.3 Å². The van der Waals surface area contributed by atoms with Gasteiger partial charge in [0.2, 0.25) is 0 Å². The Morgan fingerprint density at radius 1 is 1.42 bits per heavy atom. The molecule has 1 aromatic rings. The molecule has 66 valence electrons. The minimum absolute atomic E-state index is 0.522. The Kier molecular flexibility index (Phi) is 2.95. The lowest BCUT2D eigenvalue weighted by Crippen LogP contribution is -2.12. The molecule has 0 aliphatic rings. The van der Waals surface area contributed by atoms with E-state index in [-0.39, 0.29) is 0 Å². The third-order valence-electron chi connectivity index (χ3n) is 1.74. The number of halogens is 1. The van der Waals surface area contributed by atoms with Crippen LogP contribution in [-0.4, -0.2) is 14.1 Å². The molecule has 1 rings (SSSR count). The fourth-order valence-corrected chi connectivity index (χ4v) is 1.35. The van der Waals surface area contributed by atoms with Crippen LogP contribution in [0.25, 0.3) is 0 Å². The summed E-state index contributed by atoms with van der Waals surface area (Å²) in [6, 6.07) is 5.75. The van der Waals surface area contributed by atoms with Crippen LogP contribution in [-0.2, 0) is 6.54 Å². The summed E-state index contributed by atoms with van der Waals surface area (Å²) < 4.78 is 0. The third-order valence-corrected chi connectivity index (χ3v) is 1.98. The van der Waals surface area contributed by atoms with Crippen LogP contribution in [0.3, 0.4) is 0 Å². The van der Waals surface area contributed by atoms with E-state index in [0.717, 1.165) is 16.3 Å². The van der Waals surface area contributed by atoms with Crippen LogP contribution in [0.4, 0.5) is 5.69 Å². The first-order valence-electron chi connectivity index (χ1n) is 3.81. The molecule has 1 aromatic carbocycles. The number of anilines is 1. The monoisotopic (exact) mass is 184 g/mol. The van der Waals surface area contributed by atoms with Crippen LogP contribution in [0.1, 0.15) is 5.56 Å². The summed E-state index contributed by atoms with van der Waals surface area (Å²) in [7, 11) is 3.98. The van der Waals surface area contributed by atoms with Crippen LogP contribution in [0.2, 0.25) is 5.02 Å². The van der Waals surface area contributed by atoms with Crippen LogP contribution in [0, 0.1) is 0 Å². The van der Waals surface area contributed by atoms with Crippen molar-refractivity contribution in [1.82, 2.24) is 0 Å². The molecule has 2 nitrogen and oxygen atoms in total. The molecule has 3 heteroatoms. The maximum Gasteiger partial charge on any atom is 0.0410 e. The first-order chi connectivity index (χ1) is 5.65. The zero-order chi connectivity index (χ0) is 9.14. The van der Waals surface area contributed by atoms with Crippen molar-refractivity contribution in [2.24, 2.45) is 5.73 Å². The number of hydrogen-bond acceptors (Lipinski definition) is 2. The van der Waals surface area contributed by atoms with E-state index in [2.05, 4.69) is 0 Å². The van der Waals surface area contributed by atoms with Crippen molar-refractivity contribution in [1.29, 1.82) is 0 Å². The normalized spacial score (nSPS) is 10.0. The van der Waals surface area contributed by atoms with Gasteiger partial charge in [-0.1, -0.05) is 11.6 Å². The Hall–Kier alpha value is -0.730. The van der Waals surface area contributed by atoms with Crippen LogP contribution in [0.15, 0.2) is 18.2 Å². The van der Waals surface area contributed by atoms with Gasteiger partial charge >= 0.3 is 0 Å². The Labute approximate surface area is 77.9 Å². The lowest BCUT2D eigenvalue weighted by Gasteiger charge is -2.16. The molecule has 12 heavy (non-hydrogen) atoms. The predicted octanol–water partition coefficient (Wildman–Crippen LogP) is 1.86. The molecule has 0 atom stereocenters. The topological polar surface area (TPSA) is 29.3 Å². The molecule has 0 bridgehead atoms. The fraction of sp³-hybridized carbons (Fsp3) is 0.333. The van der Waals surface area contributed by atoms with Gasteiger partial charge in [0.1, 0.15) is 0 Å². The second-order valence-corrected chi connectivity index (χ2v) is 3.31. The number of hydrogen-bond donors (Lipinski definition) is 1. The summed E-state index contributed by atoms with van der Waals surface area (Å²) in [6.45, 7) is 0.522. The van der Waals surface area contributed by atoms with Crippen molar-refractivity contribution in [3.05, 3.63) is 28.8 Å². The molecule has 0 amide bonds. The Morgan fingerprint density at radius 2 is 2.08 bits per heavy atom. The highest BCUT2D eigenvalue weighted by Crippen LogP contribution is 2.21. The maximum absolute atomic E-state index is 5.83. The van der Waals surface area contributed by atoms with Crippen molar-refractivity contribution in [2.75, 3.05) is 19.0 Å². The molecule has 0 unspecified atom stereocenters. The maximum atomic E-state index is 5.83. The van der Waals surface area contributed by atoms with Gasteiger partial charge in [-0.2, -0.15) is 0 Å². The molecule has 0 saturated carbocycles. The molecule has 0 saturated heterocycles. The van der Waals surface area contributed by atoms with Gasteiger partial charge in [-0.15, -0.1) is 0 Å². The van der Waals surface area contributed by atoms with E-state index < -0.39 is 0 Å². The fourth-order valence-electron chi connectivity index (χ4n) is 1.15. The second kappa shape index (κ2) is 3.78. The van der Waals surface area contributed by atoms with Gasteiger partial charge in [0.25, 0.3) is 0 Å². The van der Waals surface area contributed by atoms with Gasteiger partial charge in [0, 0.05) is 31.4 Å². The highest BCUT2D eigenvalue weighted by molar-refractivity contribution is 6.30. The summed E-state index contributed by atoms with van der Waals surface area (Å²) in [5.74, 6) is 0. The summed E-state index contributed by atoms with van der Waals surface area (Å²) >= 11 is 5.83. The van der Waals surface area contributed by atoms with Crippen molar-refractivity contribution in [2.45, 2.75) is 6.54 Å². The lowest BCUT2D eigenvalue weighted by molar-refractivity contribution is 1.03. The Morgan fingerprint density at radius 3 is 2.58 bits per heavy atom. The summed E-state index contributed by atoms with van der Waals surface area (Å²) in [4.78, 5) is 2.03. The van der Waals surface area contributed by atoms with E-state index in [1.807, 2.05) is 37.2 Å². The molecular formula is C9H13ClN2. The van der Waals surface area contributed by atoms with Gasteiger partial charge in [0.05, 0.1) is 0 Å². The number of rotatable bonds is 2. The molecule has 0 heterocycles. The molecule has 0 spiro atoms.